The molecule has 0 aliphatic carbocycles. The number of rotatable bonds is 8. The van der Waals surface area contributed by atoms with E-state index in [4.69, 9.17) is 16.3 Å². The van der Waals surface area contributed by atoms with Gasteiger partial charge in [-0.25, -0.2) is 4.98 Å². The van der Waals surface area contributed by atoms with Crippen LogP contribution in [0, 0.1) is 5.41 Å². The molecule has 5 rings (SSSR count). The molecule has 1 aromatic carbocycles. The zero-order chi connectivity index (χ0) is 24.4. The third kappa shape index (κ3) is 4.80. The van der Waals surface area contributed by atoms with Gasteiger partial charge in [0.05, 0.1) is 23.1 Å². The average molecular weight is 495 g/mol. The minimum Gasteiger partial charge on any atom is -0.497 e. The van der Waals surface area contributed by atoms with E-state index in [-0.39, 0.29) is 0 Å². The number of nitrogens with zero attached hydrogens (tertiary/aromatic N) is 4. The fourth-order valence-electron chi connectivity index (χ4n) is 5.49. The first kappa shape index (κ1) is 23.8. The number of carboxylic acids is 1. The van der Waals surface area contributed by atoms with Crippen LogP contribution in [0.2, 0.25) is 5.02 Å². The lowest BCUT2D eigenvalue weighted by molar-refractivity contribution is -0.153. The van der Waals surface area contributed by atoms with Gasteiger partial charge in [0.1, 0.15) is 11.6 Å². The van der Waals surface area contributed by atoms with Gasteiger partial charge >= 0.3 is 5.97 Å². The van der Waals surface area contributed by atoms with Crippen molar-refractivity contribution in [2.75, 3.05) is 38.2 Å². The molecule has 0 bridgehead atoms. The minimum atomic E-state index is -0.673. The summed E-state index contributed by atoms with van der Waals surface area (Å²) in [5, 5.41) is 11.8. The number of fused-ring (bicyclic) bond motifs is 1. The van der Waals surface area contributed by atoms with Gasteiger partial charge in [0.2, 0.25) is 0 Å². The maximum atomic E-state index is 12.4. The predicted octanol–water partition coefficient (Wildman–Crippen LogP) is 4.67. The van der Waals surface area contributed by atoms with Crippen LogP contribution in [0.5, 0.6) is 5.75 Å². The SMILES string of the molecule is COc1ccc2ncc(Cl)c(CCCC3(C(=O)O)CCN(C4CN(c5ccccn5)C4)CC3)c2c1. The highest BCUT2D eigenvalue weighted by Gasteiger charge is 2.44. The number of halogens is 1. The van der Waals surface area contributed by atoms with Crippen LogP contribution in [0.15, 0.2) is 48.8 Å². The van der Waals surface area contributed by atoms with Crippen LogP contribution in [0.25, 0.3) is 10.9 Å². The Hall–Kier alpha value is -2.90. The van der Waals surface area contributed by atoms with Crippen molar-refractivity contribution in [2.45, 2.75) is 38.1 Å². The molecule has 0 radical (unpaired) electrons. The van der Waals surface area contributed by atoms with Crippen molar-refractivity contribution in [1.82, 2.24) is 14.9 Å². The molecule has 35 heavy (non-hydrogen) atoms. The van der Waals surface area contributed by atoms with Gasteiger partial charge in [-0.2, -0.15) is 0 Å². The number of carboxylic acid groups (broad SMARTS) is 1. The number of likely N-dealkylation sites (tertiary alicyclic amines) is 1. The monoisotopic (exact) mass is 494 g/mol. The second-order valence-corrected chi connectivity index (χ2v) is 10.1. The number of carbonyl (C=O) groups is 1. The summed E-state index contributed by atoms with van der Waals surface area (Å²) in [6.07, 6.45) is 6.99. The number of anilines is 1. The van der Waals surface area contributed by atoms with Crippen molar-refractivity contribution < 1.29 is 14.6 Å². The van der Waals surface area contributed by atoms with E-state index in [0.29, 0.717) is 36.7 Å². The standard InChI is InChI=1S/C27H31ClN4O3/c1-35-20-7-8-24-22(15-20)21(23(28)16-30-24)5-4-9-27(26(33)34)10-13-31(14-11-27)19-17-32(18-19)25-6-2-3-12-29-25/h2-3,6-8,12,15-16,19H,4-5,9-11,13-14,17-18H2,1H3,(H,33,34). The Bertz CT molecular complexity index is 1190. The van der Waals surface area contributed by atoms with E-state index in [9.17, 15) is 9.90 Å². The molecule has 184 valence electrons. The molecule has 0 atom stereocenters. The molecule has 0 unspecified atom stereocenters. The summed E-state index contributed by atoms with van der Waals surface area (Å²) in [5.74, 6) is 1.10. The fraction of sp³-hybridized carbons (Fsp3) is 0.444. The van der Waals surface area contributed by atoms with Gasteiger partial charge < -0.3 is 14.7 Å². The Balaban J connectivity index is 1.19. The second-order valence-electron chi connectivity index (χ2n) is 9.69. The molecule has 0 spiro atoms. The Morgan fingerprint density at radius 2 is 2.00 bits per heavy atom. The Morgan fingerprint density at radius 3 is 2.69 bits per heavy atom. The second kappa shape index (κ2) is 9.99. The summed E-state index contributed by atoms with van der Waals surface area (Å²) in [6.45, 7) is 3.55. The van der Waals surface area contributed by atoms with Crippen molar-refractivity contribution in [3.05, 3.63) is 59.4 Å². The Kier molecular flexibility index (Phi) is 6.80. The number of methoxy groups -OCH3 is 1. The number of hydrogen-bond donors (Lipinski definition) is 1. The highest BCUT2D eigenvalue weighted by atomic mass is 35.5. The van der Waals surface area contributed by atoms with E-state index in [2.05, 4.69) is 19.8 Å². The fourth-order valence-corrected chi connectivity index (χ4v) is 5.73. The van der Waals surface area contributed by atoms with Crippen molar-refractivity contribution in [3.8, 4) is 5.75 Å². The Labute approximate surface area is 210 Å². The number of aromatic nitrogens is 2. The Morgan fingerprint density at radius 1 is 1.20 bits per heavy atom. The topological polar surface area (TPSA) is 78.8 Å². The van der Waals surface area contributed by atoms with Crippen LogP contribution in [0.4, 0.5) is 5.82 Å². The van der Waals surface area contributed by atoms with Gasteiger partial charge in [0.25, 0.3) is 0 Å². The van der Waals surface area contributed by atoms with Crippen LogP contribution in [-0.4, -0.2) is 65.3 Å². The van der Waals surface area contributed by atoms with Crippen molar-refractivity contribution in [2.24, 2.45) is 5.41 Å². The first-order chi connectivity index (χ1) is 17.0. The van der Waals surface area contributed by atoms with E-state index in [1.807, 2.05) is 42.6 Å². The number of ether oxygens (including phenoxy) is 1. The van der Waals surface area contributed by atoms with Crippen LogP contribution in [0.1, 0.15) is 31.2 Å². The third-order valence-corrected chi connectivity index (χ3v) is 8.10. The maximum Gasteiger partial charge on any atom is 0.309 e. The van der Waals surface area contributed by atoms with Gasteiger partial charge in [-0.3, -0.25) is 14.7 Å². The van der Waals surface area contributed by atoms with Crippen LogP contribution < -0.4 is 9.64 Å². The van der Waals surface area contributed by atoms with E-state index in [1.54, 1.807) is 13.3 Å². The van der Waals surface area contributed by atoms with E-state index < -0.39 is 11.4 Å². The lowest BCUT2D eigenvalue weighted by atomic mass is 9.74. The average Bonchev–Trinajstić information content (AvgIpc) is 2.85. The molecule has 0 amide bonds. The maximum absolute atomic E-state index is 12.4. The van der Waals surface area contributed by atoms with Gasteiger partial charge in [0.15, 0.2) is 0 Å². The lowest BCUT2D eigenvalue weighted by Gasteiger charge is -2.49. The molecular formula is C27H31ClN4O3. The number of aliphatic carboxylic acids is 1. The molecular weight excluding hydrogens is 464 g/mol. The molecule has 3 aromatic rings. The van der Waals surface area contributed by atoms with Crippen molar-refractivity contribution >= 4 is 34.3 Å². The highest BCUT2D eigenvalue weighted by Crippen LogP contribution is 2.39. The third-order valence-electron chi connectivity index (χ3n) is 7.78. The smallest absolute Gasteiger partial charge is 0.309 e. The first-order valence-electron chi connectivity index (χ1n) is 12.2. The molecule has 0 saturated carbocycles. The molecule has 2 fully saturated rings. The summed E-state index contributed by atoms with van der Waals surface area (Å²) in [6, 6.07) is 12.2. The number of aryl methyl sites for hydroxylation is 1. The van der Waals surface area contributed by atoms with Crippen molar-refractivity contribution in [3.63, 3.8) is 0 Å². The van der Waals surface area contributed by atoms with E-state index >= 15 is 0 Å². The quantitative estimate of drug-likeness (QED) is 0.487. The number of benzene rings is 1. The van der Waals surface area contributed by atoms with Gasteiger partial charge in [0, 0.05) is 36.9 Å². The summed E-state index contributed by atoms with van der Waals surface area (Å²) < 4.78 is 5.38. The molecule has 2 aliphatic rings. The predicted molar refractivity (Wildman–Crippen MR) is 137 cm³/mol. The van der Waals surface area contributed by atoms with Gasteiger partial charge in [-0.05, 0) is 81.1 Å². The summed E-state index contributed by atoms with van der Waals surface area (Å²) in [4.78, 5) is 26.0. The zero-order valence-electron chi connectivity index (χ0n) is 20.0. The highest BCUT2D eigenvalue weighted by molar-refractivity contribution is 6.32. The molecule has 1 N–H and O–H groups in total. The molecule has 2 aromatic heterocycles. The summed E-state index contributed by atoms with van der Waals surface area (Å²) >= 11 is 6.52. The number of hydrogen-bond acceptors (Lipinski definition) is 6. The largest absolute Gasteiger partial charge is 0.497 e. The summed E-state index contributed by atoms with van der Waals surface area (Å²) in [7, 11) is 1.64. The summed E-state index contributed by atoms with van der Waals surface area (Å²) in [5.41, 5.74) is 1.21. The molecule has 2 saturated heterocycles. The minimum absolute atomic E-state index is 0.473. The lowest BCUT2D eigenvalue weighted by Crippen LogP contribution is -2.62. The van der Waals surface area contributed by atoms with Crippen LogP contribution in [0.3, 0.4) is 0 Å². The molecule has 4 heterocycles. The molecule has 2 aliphatic heterocycles. The number of piperidine rings is 1. The zero-order valence-corrected chi connectivity index (χ0v) is 20.7. The van der Waals surface area contributed by atoms with Gasteiger partial charge in [-0.1, -0.05) is 17.7 Å². The normalized spacial score (nSPS) is 18.4. The van der Waals surface area contributed by atoms with E-state index in [1.165, 1.54) is 0 Å². The number of pyridine rings is 2. The van der Waals surface area contributed by atoms with Crippen LogP contribution in [-0.2, 0) is 11.2 Å². The molecule has 7 nitrogen and oxygen atoms in total. The van der Waals surface area contributed by atoms with Gasteiger partial charge in [-0.15, -0.1) is 0 Å². The molecule has 8 heteroatoms. The first-order valence-corrected chi connectivity index (χ1v) is 12.6. The van der Waals surface area contributed by atoms with Crippen molar-refractivity contribution in [1.29, 1.82) is 0 Å². The van der Waals surface area contributed by atoms with Crippen LogP contribution >= 0.6 is 11.6 Å². The van der Waals surface area contributed by atoms with E-state index in [0.717, 1.165) is 60.6 Å².